The molecule has 0 spiro atoms. The summed E-state index contributed by atoms with van der Waals surface area (Å²) < 4.78 is 24.6. The van der Waals surface area contributed by atoms with Crippen molar-refractivity contribution < 1.29 is 28.3 Å². The van der Waals surface area contributed by atoms with E-state index in [4.69, 9.17) is 14.8 Å². The second kappa shape index (κ2) is 9.71. The number of hydrogen-bond acceptors (Lipinski definition) is 6. The Morgan fingerprint density at radius 3 is 2.70 bits per heavy atom. The molecule has 1 saturated carbocycles. The van der Waals surface area contributed by atoms with Crippen LogP contribution in [0, 0.1) is 23.7 Å². The van der Waals surface area contributed by atoms with Gasteiger partial charge in [0.15, 0.2) is 15.8 Å². The highest BCUT2D eigenvalue weighted by atomic mass is 32.2. The number of benzene rings is 1. The van der Waals surface area contributed by atoms with Gasteiger partial charge in [0.05, 0.1) is 5.71 Å². The van der Waals surface area contributed by atoms with Gasteiger partial charge in [-0.05, 0) is 43.4 Å². The molecule has 1 fully saturated rings. The average Bonchev–Trinajstić information content (AvgIpc) is 3.17. The molecule has 3 rings (SSSR count). The number of amides is 1. The van der Waals surface area contributed by atoms with Crippen LogP contribution in [0.2, 0.25) is 0 Å². The number of nitrogens with one attached hydrogen (secondary N) is 1. The van der Waals surface area contributed by atoms with E-state index in [1.165, 1.54) is 12.4 Å². The minimum Gasteiger partial charge on any atom is -0.392 e. The van der Waals surface area contributed by atoms with E-state index in [-0.39, 0.29) is 6.42 Å². The smallest absolute Gasteiger partial charge is 0.264 e. The number of hydroxylamine groups is 1. The van der Waals surface area contributed by atoms with Gasteiger partial charge in [-0.3, -0.25) is 10.0 Å². The number of rotatable bonds is 7. The molecule has 8 nitrogen and oxygen atoms in total. The Labute approximate surface area is 178 Å². The molecule has 1 aromatic carbocycles. The molecular weight excluding hydrogens is 408 g/mol. The van der Waals surface area contributed by atoms with Gasteiger partial charge in [-0.25, -0.2) is 9.69 Å². The van der Waals surface area contributed by atoms with Gasteiger partial charge in [0.2, 0.25) is 0 Å². The lowest BCUT2D eigenvalue weighted by molar-refractivity contribution is -0.132. The van der Waals surface area contributed by atoms with Crippen molar-refractivity contribution in [2.24, 2.45) is 17.0 Å². The minimum atomic E-state index is -2.49. The molecule has 3 atom stereocenters. The molecule has 0 bridgehead atoms. The van der Waals surface area contributed by atoms with Gasteiger partial charge in [0.1, 0.15) is 6.10 Å². The number of nitrogens with zero attached hydrogens (tertiary/aromatic N) is 1. The Balaban J connectivity index is 1.56. The van der Waals surface area contributed by atoms with Gasteiger partial charge in [-0.2, -0.15) is 0 Å². The number of hydrogen-bond donors (Lipinski definition) is 3. The predicted molar refractivity (Wildman–Crippen MR) is 111 cm³/mol. The van der Waals surface area contributed by atoms with Gasteiger partial charge in [-0.1, -0.05) is 29.1 Å². The highest BCUT2D eigenvalue weighted by Crippen LogP contribution is 2.33. The van der Waals surface area contributed by atoms with Gasteiger partial charge in [-0.15, -0.1) is 0 Å². The van der Waals surface area contributed by atoms with E-state index in [1.807, 2.05) is 24.3 Å². The zero-order valence-corrected chi connectivity index (χ0v) is 17.8. The molecule has 30 heavy (non-hydrogen) atoms. The van der Waals surface area contributed by atoms with Crippen LogP contribution in [0.5, 0.6) is 0 Å². The van der Waals surface area contributed by atoms with E-state index in [2.05, 4.69) is 17.0 Å². The van der Waals surface area contributed by atoms with E-state index in [1.54, 1.807) is 7.11 Å². The lowest BCUT2D eigenvalue weighted by atomic mass is 9.76. The van der Waals surface area contributed by atoms with Crippen LogP contribution in [0.15, 0.2) is 29.4 Å². The van der Waals surface area contributed by atoms with E-state index in [0.29, 0.717) is 24.0 Å². The van der Waals surface area contributed by atoms with Crippen LogP contribution in [0.4, 0.5) is 0 Å². The van der Waals surface area contributed by atoms with Crippen molar-refractivity contribution in [2.45, 2.75) is 43.5 Å². The summed E-state index contributed by atoms with van der Waals surface area (Å²) in [4.78, 5) is 17.2. The van der Waals surface area contributed by atoms with Crippen molar-refractivity contribution in [3.8, 4) is 11.8 Å². The molecule has 1 unspecified atom stereocenters. The zero-order valence-electron chi connectivity index (χ0n) is 17.0. The number of carbonyl (C=O) groups excluding carboxylic acids is 1. The fraction of sp³-hybridized carbons (Fsp3) is 0.524. The predicted octanol–water partition coefficient (Wildman–Crippen LogP) is 2.08. The number of carbonyl (C=O) groups is 1. The molecule has 2 aliphatic rings. The molecule has 0 aromatic heterocycles. The molecule has 3 N–H and O–H groups in total. The maximum atomic E-state index is 11.8. The van der Waals surface area contributed by atoms with Crippen molar-refractivity contribution in [1.29, 1.82) is 0 Å². The monoisotopic (exact) mass is 434 g/mol. The van der Waals surface area contributed by atoms with Crippen LogP contribution >= 0.6 is 0 Å². The van der Waals surface area contributed by atoms with Gasteiger partial charge >= 0.3 is 0 Å². The maximum absolute atomic E-state index is 11.8. The second-order valence-electron chi connectivity index (χ2n) is 7.93. The van der Waals surface area contributed by atoms with Gasteiger partial charge < -0.3 is 14.1 Å². The molecule has 0 saturated heterocycles. The third kappa shape index (κ3) is 5.08. The van der Waals surface area contributed by atoms with E-state index < -0.39 is 27.8 Å². The first-order valence-electron chi connectivity index (χ1n) is 9.74. The van der Waals surface area contributed by atoms with Crippen LogP contribution in [0.3, 0.4) is 0 Å². The third-order valence-corrected chi connectivity index (χ3v) is 6.72. The highest BCUT2D eigenvalue weighted by Gasteiger charge is 2.44. The quantitative estimate of drug-likeness (QED) is 0.262. The Kier molecular flexibility index (Phi) is 7.26. The topological polar surface area (TPSA) is 117 Å². The lowest BCUT2D eigenvalue weighted by Crippen LogP contribution is -2.48. The normalized spacial score (nSPS) is 25.6. The maximum Gasteiger partial charge on any atom is 0.264 e. The lowest BCUT2D eigenvalue weighted by Gasteiger charge is -2.30. The van der Waals surface area contributed by atoms with Crippen LogP contribution < -0.4 is 5.48 Å². The number of methoxy groups -OCH3 is 1. The molecular formula is C21H26N2O6S. The summed E-state index contributed by atoms with van der Waals surface area (Å²) in [5.74, 6) is 6.62. The van der Waals surface area contributed by atoms with Crippen LogP contribution in [-0.2, 0) is 25.4 Å². The molecule has 9 heteroatoms. The molecule has 1 amide bonds. The number of oxime groups is 1. The van der Waals surface area contributed by atoms with Crippen LogP contribution in [0.1, 0.15) is 43.7 Å². The zero-order chi connectivity index (χ0) is 21.7. The van der Waals surface area contributed by atoms with Crippen molar-refractivity contribution in [2.75, 3.05) is 13.7 Å². The standard InChI is InChI=1S/C21H26N2O6S/c1-21(30(26)27,20(24)22-25)12-18-11-19(23-29-18)17-7-5-14(6-8-17)3-4-15-9-16(10-15)13-28-2/h5-8,15-16,18,25H,9-13H2,1-2H3,(H,22,24)(H,26,27)/t15?,16?,18-,21-/m1/s1. The van der Waals surface area contributed by atoms with Crippen LogP contribution in [-0.4, -0.2) is 50.2 Å². The summed E-state index contributed by atoms with van der Waals surface area (Å²) in [5, 5.41) is 12.9. The van der Waals surface area contributed by atoms with Crippen molar-refractivity contribution in [3.05, 3.63) is 35.4 Å². The molecule has 162 valence electrons. The van der Waals surface area contributed by atoms with Crippen molar-refractivity contribution >= 4 is 22.7 Å². The SMILES string of the molecule is COCC1CC(C#Cc2ccc(C3=NO[C@@H](C[C@](C)(C(=O)NO)S(=O)O)C3)cc2)C1. The second-order valence-corrected chi connectivity index (χ2v) is 9.33. The summed E-state index contributed by atoms with van der Waals surface area (Å²) in [6.45, 7) is 2.10. The summed E-state index contributed by atoms with van der Waals surface area (Å²) in [5.41, 5.74) is 3.92. The summed E-state index contributed by atoms with van der Waals surface area (Å²) in [7, 11) is 1.72. The Morgan fingerprint density at radius 1 is 1.40 bits per heavy atom. The van der Waals surface area contributed by atoms with Gasteiger partial charge in [0, 0.05) is 38.0 Å². The first-order valence-corrected chi connectivity index (χ1v) is 10.9. The summed E-state index contributed by atoms with van der Waals surface area (Å²) >= 11 is -2.49. The van der Waals surface area contributed by atoms with Crippen molar-refractivity contribution in [1.82, 2.24) is 5.48 Å². The van der Waals surface area contributed by atoms with E-state index in [0.717, 1.165) is 30.6 Å². The van der Waals surface area contributed by atoms with E-state index >= 15 is 0 Å². The summed E-state index contributed by atoms with van der Waals surface area (Å²) in [6.07, 6.45) is 1.95. The Hall–Kier alpha value is -2.25. The Morgan fingerprint density at radius 2 is 2.10 bits per heavy atom. The largest absolute Gasteiger partial charge is 0.392 e. The highest BCUT2D eigenvalue weighted by molar-refractivity contribution is 7.81. The summed E-state index contributed by atoms with van der Waals surface area (Å²) in [6, 6.07) is 7.67. The minimum absolute atomic E-state index is 0.0650. The average molecular weight is 435 g/mol. The fourth-order valence-corrected chi connectivity index (χ4v) is 4.19. The van der Waals surface area contributed by atoms with Gasteiger partial charge in [0.25, 0.3) is 5.91 Å². The van der Waals surface area contributed by atoms with Crippen LogP contribution in [0.25, 0.3) is 0 Å². The molecule has 0 radical (unpaired) electrons. The first-order chi connectivity index (χ1) is 14.4. The first kappa shape index (κ1) is 22.4. The fourth-order valence-electron chi connectivity index (χ4n) is 3.66. The van der Waals surface area contributed by atoms with E-state index in [9.17, 15) is 13.6 Å². The van der Waals surface area contributed by atoms with Crippen molar-refractivity contribution in [3.63, 3.8) is 0 Å². The molecule has 1 aromatic rings. The number of ether oxygens (including phenoxy) is 1. The molecule has 1 aliphatic heterocycles. The molecule has 1 heterocycles. The third-order valence-electron chi connectivity index (χ3n) is 5.59. The Bertz CT molecular complexity index is 885. The molecule has 1 aliphatic carbocycles.